The fourth-order valence-electron chi connectivity index (χ4n) is 4.27. The molecule has 0 saturated carbocycles. The molecule has 3 heterocycles. The normalized spacial score (nSPS) is 16.5. The molecule has 0 unspecified atom stereocenters. The van der Waals surface area contributed by atoms with Gasteiger partial charge in [-0.05, 0) is 44.3 Å². The summed E-state index contributed by atoms with van der Waals surface area (Å²) in [5, 5.41) is 5.00. The van der Waals surface area contributed by atoms with E-state index in [2.05, 4.69) is 27.1 Å². The summed E-state index contributed by atoms with van der Waals surface area (Å²) >= 11 is 0. The van der Waals surface area contributed by atoms with Gasteiger partial charge in [0.2, 0.25) is 0 Å². The van der Waals surface area contributed by atoms with E-state index in [1.54, 1.807) is 0 Å². The number of rotatable bonds is 5. The lowest BCUT2D eigenvalue weighted by molar-refractivity contribution is 0.154. The highest BCUT2D eigenvalue weighted by Gasteiger charge is 2.16. The number of benzene rings is 2. The molecule has 0 spiro atoms. The van der Waals surface area contributed by atoms with Crippen LogP contribution in [0.4, 0.5) is 5.69 Å². The van der Waals surface area contributed by atoms with Crippen molar-refractivity contribution in [2.24, 2.45) is 0 Å². The van der Waals surface area contributed by atoms with Crippen LogP contribution < -0.4 is 10.7 Å². The minimum absolute atomic E-state index is 0.0794. The number of nitrogens with zero attached hydrogens (tertiary/aromatic N) is 4. The first kappa shape index (κ1) is 17.4. The molecule has 144 valence electrons. The fraction of sp³-hybridized carbons (Fsp3) is 0.364. The molecular weight excluding hydrogens is 350 g/mol. The average molecular weight is 375 g/mol. The second kappa shape index (κ2) is 7.04. The molecule has 5 rings (SSSR count). The highest BCUT2D eigenvalue weighted by molar-refractivity contribution is 6.06. The van der Waals surface area contributed by atoms with E-state index in [1.807, 2.05) is 47.1 Å². The zero-order chi connectivity index (χ0) is 19.1. The van der Waals surface area contributed by atoms with Gasteiger partial charge in [0, 0.05) is 43.8 Å². The number of fused-ring (bicyclic) bond motifs is 2. The fourth-order valence-corrected chi connectivity index (χ4v) is 4.27. The molecule has 1 N–H and O–H groups in total. The molecule has 1 saturated heterocycles. The molecule has 0 amide bonds. The maximum atomic E-state index is 13.2. The van der Waals surface area contributed by atoms with Gasteiger partial charge in [0.1, 0.15) is 6.33 Å². The summed E-state index contributed by atoms with van der Waals surface area (Å²) in [7, 11) is 2.18. The topological polar surface area (TPSA) is 52.9 Å². The molecule has 1 aliphatic rings. The summed E-state index contributed by atoms with van der Waals surface area (Å²) in [5.74, 6) is 0. The standard InChI is InChI=1S/C22H25N5O/c1-25-11-13-26(14-12-25)10-4-9-23-17-7-8-18-21-20(17)22(28)16-5-2-3-6-19(16)27(21)15-24-18/h2-3,5-8,15,23H,4,9-14H2,1H3. The molecule has 0 radical (unpaired) electrons. The van der Waals surface area contributed by atoms with Crippen molar-refractivity contribution in [3.8, 4) is 0 Å². The predicted octanol–water partition coefficient (Wildman–Crippen LogP) is 2.49. The third-order valence-corrected chi connectivity index (χ3v) is 5.91. The van der Waals surface area contributed by atoms with Crippen molar-refractivity contribution in [3.05, 3.63) is 52.9 Å². The van der Waals surface area contributed by atoms with Crippen LogP contribution in [0.25, 0.3) is 27.3 Å². The quantitative estimate of drug-likeness (QED) is 0.429. The van der Waals surface area contributed by atoms with Gasteiger partial charge < -0.3 is 15.1 Å². The van der Waals surface area contributed by atoms with E-state index in [0.29, 0.717) is 0 Å². The van der Waals surface area contributed by atoms with Crippen LogP contribution in [-0.4, -0.2) is 65.5 Å². The molecule has 0 aliphatic carbocycles. The van der Waals surface area contributed by atoms with Crippen LogP contribution in [0.1, 0.15) is 6.42 Å². The Morgan fingerprint density at radius 3 is 2.75 bits per heavy atom. The molecule has 0 atom stereocenters. The van der Waals surface area contributed by atoms with Gasteiger partial charge in [-0.2, -0.15) is 0 Å². The Hall–Kier alpha value is -2.70. The van der Waals surface area contributed by atoms with Crippen LogP contribution in [0, 0.1) is 0 Å². The lowest BCUT2D eigenvalue weighted by atomic mass is 10.1. The summed E-state index contributed by atoms with van der Waals surface area (Å²) in [4.78, 5) is 22.6. The summed E-state index contributed by atoms with van der Waals surface area (Å²) in [6.45, 7) is 6.52. The molecule has 0 bridgehead atoms. The molecule has 6 nitrogen and oxygen atoms in total. The third kappa shape index (κ3) is 2.89. The van der Waals surface area contributed by atoms with Crippen LogP contribution in [0.5, 0.6) is 0 Å². The summed E-state index contributed by atoms with van der Waals surface area (Å²) in [6, 6.07) is 11.8. The first-order valence-electron chi connectivity index (χ1n) is 10.0. The molecule has 1 fully saturated rings. The zero-order valence-corrected chi connectivity index (χ0v) is 16.2. The number of aromatic nitrogens is 2. The summed E-state index contributed by atoms with van der Waals surface area (Å²) in [6.07, 6.45) is 2.88. The van der Waals surface area contributed by atoms with Gasteiger partial charge in [-0.1, -0.05) is 12.1 Å². The van der Waals surface area contributed by atoms with Gasteiger partial charge in [0.25, 0.3) is 0 Å². The smallest absolute Gasteiger partial charge is 0.199 e. The Labute approximate surface area is 163 Å². The summed E-state index contributed by atoms with van der Waals surface area (Å²) < 4.78 is 2.04. The van der Waals surface area contributed by atoms with Crippen molar-refractivity contribution in [2.45, 2.75) is 6.42 Å². The molecule has 2 aromatic heterocycles. The van der Waals surface area contributed by atoms with Crippen LogP contribution in [0.3, 0.4) is 0 Å². The lowest BCUT2D eigenvalue weighted by Crippen LogP contribution is -2.44. The van der Waals surface area contributed by atoms with Gasteiger partial charge >= 0.3 is 0 Å². The van der Waals surface area contributed by atoms with E-state index in [0.717, 1.165) is 78.7 Å². The number of likely N-dealkylation sites (N-methyl/N-ethyl adjacent to an activating group) is 1. The van der Waals surface area contributed by atoms with Crippen molar-refractivity contribution in [1.82, 2.24) is 19.2 Å². The number of piperazine rings is 1. The molecule has 6 heteroatoms. The van der Waals surface area contributed by atoms with E-state index < -0.39 is 0 Å². The highest BCUT2D eigenvalue weighted by Crippen LogP contribution is 2.28. The average Bonchev–Trinajstić information content (AvgIpc) is 3.16. The van der Waals surface area contributed by atoms with Crippen LogP contribution in [0.2, 0.25) is 0 Å². The number of anilines is 1. The molecule has 1 aliphatic heterocycles. The number of nitrogens with one attached hydrogen (secondary N) is 1. The molecule has 4 aromatic rings. The number of imidazole rings is 1. The van der Waals surface area contributed by atoms with Crippen molar-refractivity contribution in [3.63, 3.8) is 0 Å². The van der Waals surface area contributed by atoms with Crippen LogP contribution in [-0.2, 0) is 0 Å². The maximum Gasteiger partial charge on any atom is 0.199 e. The van der Waals surface area contributed by atoms with E-state index in [4.69, 9.17) is 0 Å². The van der Waals surface area contributed by atoms with Crippen molar-refractivity contribution < 1.29 is 0 Å². The first-order chi connectivity index (χ1) is 13.7. The minimum atomic E-state index is 0.0794. The predicted molar refractivity (Wildman–Crippen MR) is 115 cm³/mol. The molecular formula is C22H25N5O. The second-order valence-electron chi connectivity index (χ2n) is 7.74. The summed E-state index contributed by atoms with van der Waals surface area (Å²) in [5.41, 5.74) is 3.67. The highest BCUT2D eigenvalue weighted by atomic mass is 16.1. The third-order valence-electron chi connectivity index (χ3n) is 5.91. The Bertz CT molecular complexity index is 1180. The minimum Gasteiger partial charge on any atom is -0.384 e. The van der Waals surface area contributed by atoms with E-state index in [-0.39, 0.29) is 5.43 Å². The number of hydrogen-bond acceptors (Lipinski definition) is 5. The van der Waals surface area contributed by atoms with E-state index in [1.165, 1.54) is 0 Å². The Kier molecular flexibility index (Phi) is 4.37. The van der Waals surface area contributed by atoms with E-state index >= 15 is 0 Å². The molecule has 2 aromatic carbocycles. The molecule has 28 heavy (non-hydrogen) atoms. The van der Waals surface area contributed by atoms with Gasteiger partial charge in [-0.15, -0.1) is 0 Å². The maximum absolute atomic E-state index is 13.2. The van der Waals surface area contributed by atoms with Crippen molar-refractivity contribution in [2.75, 3.05) is 51.6 Å². The van der Waals surface area contributed by atoms with Crippen LogP contribution >= 0.6 is 0 Å². The Morgan fingerprint density at radius 1 is 1.07 bits per heavy atom. The Morgan fingerprint density at radius 2 is 1.89 bits per heavy atom. The Balaban J connectivity index is 1.42. The van der Waals surface area contributed by atoms with Crippen molar-refractivity contribution >= 4 is 33.0 Å². The lowest BCUT2D eigenvalue weighted by Gasteiger charge is -2.32. The SMILES string of the molecule is CN1CCN(CCCNc2ccc3ncn4c5ccccc5c(=O)c2c34)CC1. The van der Waals surface area contributed by atoms with Gasteiger partial charge in [-0.25, -0.2) is 4.98 Å². The number of hydrogen-bond donors (Lipinski definition) is 1. The number of para-hydroxylation sites is 1. The monoisotopic (exact) mass is 375 g/mol. The van der Waals surface area contributed by atoms with Gasteiger partial charge in [-0.3, -0.25) is 9.20 Å². The van der Waals surface area contributed by atoms with Gasteiger partial charge in [0.05, 0.1) is 21.9 Å². The van der Waals surface area contributed by atoms with Crippen LogP contribution in [0.15, 0.2) is 47.5 Å². The van der Waals surface area contributed by atoms with Crippen molar-refractivity contribution in [1.29, 1.82) is 0 Å². The van der Waals surface area contributed by atoms with E-state index in [9.17, 15) is 4.79 Å². The largest absolute Gasteiger partial charge is 0.384 e. The van der Waals surface area contributed by atoms with Gasteiger partial charge in [0.15, 0.2) is 5.43 Å². The number of pyridine rings is 1. The zero-order valence-electron chi connectivity index (χ0n) is 16.2. The second-order valence-corrected chi connectivity index (χ2v) is 7.74. The first-order valence-corrected chi connectivity index (χ1v) is 10.0.